The number of benzene rings is 2. The Labute approximate surface area is 268 Å². The van der Waals surface area contributed by atoms with Crippen molar-refractivity contribution < 1.29 is 19.1 Å². The molecule has 4 N–H and O–H groups in total. The number of hydrogen-bond donors (Lipinski definition) is 4. The molecule has 0 fully saturated rings. The van der Waals surface area contributed by atoms with Gasteiger partial charge in [0.15, 0.2) is 0 Å². The minimum Gasteiger partial charge on any atom is -0.444 e. The number of carbonyl (C=O) groups excluding carboxylic acids is 3. The standard InChI is InChI=1S/C34H42N6O4S/c1-33(2,3)44-32(43)38-34(4,5)25-15-11-14-24(20-25)22-28(41)36-27-19-18-26(35-27)16-9-10-17-30-39-40-31(45-30)37-29(42)21-23-12-7-6-8-13-23/h6-8,11-15,18-20,35H,9-10,16-17,21-22H2,1-5H3,(H,36,41)(H,38,43)(H,37,40,42). The van der Waals surface area contributed by atoms with Gasteiger partial charge >= 0.3 is 6.09 Å². The highest BCUT2D eigenvalue weighted by Gasteiger charge is 2.26. The summed E-state index contributed by atoms with van der Waals surface area (Å²) in [7, 11) is 0. The van der Waals surface area contributed by atoms with Gasteiger partial charge in [0.25, 0.3) is 0 Å². The Morgan fingerprint density at radius 2 is 1.49 bits per heavy atom. The second-order valence-corrected chi connectivity index (χ2v) is 13.6. The highest BCUT2D eigenvalue weighted by Crippen LogP contribution is 2.23. The molecule has 2 aromatic heterocycles. The average molecular weight is 631 g/mol. The Bertz CT molecular complexity index is 1590. The van der Waals surface area contributed by atoms with Crippen LogP contribution in [0.1, 0.15) is 74.9 Å². The van der Waals surface area contributed by atoms with Gasteiger partial charge in [-0.05, 0) is 82.7 Å². The van der Waals surface area contributed by atoms with Crippen molar-refractivity contribution >= 4 is 40.2 Å². The van der Waals surface area contributed by atoms with Crippen molar-refractivity contribution in [3.8, 4) is 0 Å². The molecule has 0 radical (unpaired) electrons. The Morgan fingerprint density at radius 1 is 0.800 bits per heavy atom. The van der Waals surface area contributed by atoms with E-state index in [0.29, 0.717) is 17.4 Å². The summed E-state index contributed by atoms with van der Waals surface area (Å²) in [4.78, 5) is 40.7. The molecule has 0 spiro atoms. The van der Waals surface area contributed by atoms with E-state index < -0.39 is 17.2 Å². The lowest BCUT2D eigenvalue weighted by Crippen LogP contribution is -2.43. The molecule has 238 valence electrons. The van der Waals surface area contributed by atoms with E-state index in [-0.39, 0.29) is 18.2 Å². The third-order valence-corrected chi connectivity index (χ3v) is 7.75. The zero-order valence-electron chi connectivity index (χ0n) is 26.5. The van der Waals surface area contributed by atoms with E-state index in [0.717, 1.165) is 53.1 Å². The smallest absolute Gasteiger partial charge is 0.408 e. The van der Waals surface area contributed by atoms with Gasteiger partial charge in [-0.2, -0.15) is 0 Å². The lowest BCUT2D eigenvalue weighted by atomic mass is 9.92. The molecule has 3 amide bonds. The molecule has 0 aliphatic heterocycles. The summed E-state index contributed by atoms with van der Waals surface area (Å²) in [6.45, 7) is 9.26. The van der Waals surface area contributed by atoms with Gasteiger partial charge in [0, 0.05) is 12.1 Å². The first kappa shape index (κ1) is 33.4. The van der Waals surface area contributed by atoms with E-state index in [9.17, 15) is 14.4 Å². The number of alkyl carbamates (subject to hydrolysis) is 1. The van der Waals surface area contributed by atoms with Gasteiger partial charge in [0.1, 0.15) is 16.4 Å². The maximum absolute atomic E-state index is 12.8. The van der Waals surface area contributed by atoms with Crippen LogP contribution in [0.4, 0.5) is 15.7 Å². The van der Waals surface area contributed by atoms with Crippen LogP contribution in [-0.2, 0) is 45.5 Å². The number of H-pyrrole nitrogens is 1. The maximum atomic E-state index is 12.8. The van der Waals surface area contributed by atoms with Crippen LogP contribution in [-0.4, -0.2) is 38.7 Å². The van der Waals surface area contributed by atoms with Crippen LogP contribution in [0.25, 0.3) is 0 Å². The highest BCUT2D eigenvalue weighted by atomic mass is 32.1. The summed E-state index contributed by atoms with van der Waals surface area (Å²) in [6, 6.07) is 21.1. The summed E-state index contributed by atoms with van der Waals surface area (Å²) >= 11 is 1.40. The summed E-state index contributed by atoms with van der Waals surface area (Å²) in [6.07, 6.45) is 3.46. The molecular weight excluding hydrogens is 588 g/mol. The third kappa shape index (κ3) is 11.2. The SMILES string of the molecule is CC(C)(C)OC(=O)NC(C)(C)c1cccc(CC(=O)Nc2ccc(CCCCc3nnc(NC(=O)Cc4ccccc4)s3)[nH]2)c1. The van der Waals surface area contributed by atoms with Gasteiger partial charge in [-0.3, -0.25) is 9.59 Å². The lowest BCUT2D eigenvalue weighted by Gasteiger charge is -2.29. The Kier molecular flexibility index (Phi) is 11.1. The lowest BCUT2D eigenvalue weighted by molar-refractivity contribution is -0.116. The molecule has 4 aromatic rings. The molecule has 0 saturated heterocycles. The fourth-order valence-corrected chi connectivity index (χ4v) is 5.48. The second-order valence-electron chi connectivity index (χ2n) is 12.5. The number of aromatic nitrogens is 3. The summed E-state index contributed by atoms with van der Waals surface area (Å²) in [5, 5.41) is 18.4. The Hall–Kier alpha value is -4.51. The van der Waals surface area contributed by atoms with Gasteiger partial charge in [0.05, 0.1) is 18.4 Å². The average Bonchev–Trinajstić information content (AvgIpc) is 3.59. The number of amides is 3. The van der Waals surface area contributed by atoms with Gasteiger partial charge in [-0.15, -0.1) is 10.2 Å². The van der Waals surface area contributed by atoms with Crippen molar-refractivity contribution in [3.63, 3.8) is 0 Å². The second kappa shape index (κ2) is 15.0. The predicted molar refractivity (Wildman–Crippen MR) is 177 cm³/mol. The quantitative estimate of drug-likeness (QED) is 0.124. The first-order valence-electron chi connectivity index (χ1n) is 15.1. The zero-order chi connectivity index (χ0) is 32.5. The molecule has 0 atom stereocenters. The predicted octanol–water partition coefficient (Wildman–Crippen LogP) is 6.55. The van der Waals surface area contributed by atoms with Gasteiger partial charge in [0.2, 0.25) is 16.9 Å². The van der Waals surface area contributed by atoms with Crippen LogP contribution in [0.3, 0.4) is 0 Å². The number of anilines is 2. The van der Waals surface area contributed by atoms with Gasteiger partial charge in [-0.1, -0.05) is 65.9 Å². The molecule has 0 unspecified atom stereocenters. The van der Waals surface area contributed by atoms with Crippen LogP contribution in [0, 0.1) is 0 Å². The number of aromatic amines is 1. The Balaban J connectivity index is 1.18. The zero-order valence-corrected chi connectivity index (χ0v) is 27.3. The first-order chi connectivity index (χ1) is 21.3. The minimum atomic E-state index is -0.681. The monoisotopic (exact) mass is 630 g/mol. The normalized spacial score (nSPS) is 11.6. The minimum absolute atomic E-state index is 0.108. The maximum Gasteiger partial charge on any atom is 0.408 e. The van der Waals surface area contributed by atoms with Crippen molar-refractivity contribution in [2.24, 2.45) is 0 Å². The summed E-state index contributed by atoms with van der Waals surface area (Å²) < 4.78 is 5.40. The number of nitrogens with one attached hydrogen (secondary N) is 4. The molecule has 0 saturated carbocycles. The highest BCUT2D eigenvalue weighted by molar-refractivity contribution is 7.15. The molecule has 2 heterocycles. The molecule has 0 aliphatic rings. The number of aryl methyl sites for hydroxylation is 2. The largest absolute Gasteiger partial charge is 0.444 e. The molecule has 11 heteroatoms. The molecular formula is C34H42N6O4S. The first-order valence-corrected chi connectivity index (χ1v) is 15.9. The van der Waals surface area contributed by atoms with Crippen LogP contribution in [0.2, 0.25) is 0 Å². The van der Waals surface area contributed by atoms with Crippen molar-refractivity contribution in [1.82, 2.24) is 20.5 Å². The molecule has 0 bridgehead atoms. The van der Waals surface area contributed by atoms with E-state index in [4.69, 9.17) is 4.74 Å². The topological polar surface area (TPSA) is 138 Å². The van der Waals surface area contributed by atoms with Crippen molar-refractivity contribution in [2.75, 3.05) is 10.6 Å². The third-order valence-electron chi connectivity index (χ3n) is 6.85. The molecule has 4 rings (SSSR count). The van der Waals surface area contributed by atoms with E-state index in [1.807, 2.05) is 101 Å². The van der Waals surface area contributed by atoms with Crippen LogP contribution >= 0.6 is 11.3 Å². The van der Waals surface area contributed by atoms with Crippen molar-refractivity contribution in [1.29, 1.82) is 0 Å². The van der Waals surface area contributed by atoms with E-state index in [1.165, 1.54) is 11.3 Å². The summed E-state index contributed by atoms with van der Waals surface area (Å²) in [5.74, 6) is 0.406. The fraction of sp³-hybridized carbons (Fsp3) is 0.382. The van der Waals surface area contributed by atoms with Crippen LogP contribution in [0.15, 0.2) is 66.7 Å². The number of hydrogen-bond acceptors (Lipinski definition) is 7. The molecule has 0 aliphatic carbocycles. The summed E-state index contributed by atoms with van der Waals surface area (Å²) in [5.41, 5.74) is 2.43. The van der Waals surface area contributed by atoms with Crippen LogP contribution < -0.4 is 16.0 Å². The van der Waals surface area contributed by atoms with Crippen molar-refractivity contribution in [2.45, 2.75) is 84.3 Å². The molecule has 2 aromatic carbocycles. The number of carbonyl (C=O) groups is 3. The fourth-order valence-electron chi connectivity index (χ4n) is 4.68. The van der Waals surface area contributed by atoms with Gasteiger partial charge in [-0.25, -0.2) is 4.79 Å². The van der Waals surface area contributed by atoms with E-state index >= 15 is 0 Å². The number of nitrogens with zero attached hydrogens (tertiary/aromatic N) is 2. The number of unbranched alkanes of at least 4 members (excludes halogenated alkanes) is 1. The van der Waals surface area contributed by atoms with Gasteiger partial charge < -0.3 is 25.7 Å². The van der Waals surface area contributed by atoms with E-state index in [1.54, 1.807) is 0 Å². The van der Waals surface area contributed by atoms with Crippen LogP contribution in [0.5, 0.6) is 0 Å². The number of rotatable bonds is 13. The number of ether oxygens (including phenoxy) is 1. The van der Waals surface area contributed by atoms with E-state index in [2.05, 4.69) is 31.1 Å². The molecule has 45 heavy (non-hydrogen) atoms. The van der Waals surface area contributed by atoms with Crippen molar-refractivity contribution in [3.05, 3.63) is 94.1 Å². The molecule has 10 nitrogen and oxygen atoms in total. The Morgan fingerprint density at radius 3 is 2.24 bits per heavy atom.